The second kappa shape index (κ2) is 5.47. The summed E-state index contributed by atoms with van der Waals surface area (Å²) in [4.78, 5) is 1.24. The molecule has 0 aliphatic heterocycles. The van der Waals surface area contributed by atoms with Gasteiger partial charge in [-0.15, -0.1) is 0 Å². The molecule has 0 atom stereocenters. The number of alkyl halides is 6. The summed E-state index contributed by atoms with van der Waals surface area (Å²) in [6.45, 7) is 0. The van der Waals surface area contributed by atoms with Gasteiger partial charge in [0.05, 0.1) is 11.1 Å². The molecule has 0 saturated heterocycles. The van der Waals surface area contributed by atoms with Crippen molar-refractivity contribution in [3.63, 3.8) is 0 Å². The van der Waals surface area contributed by atoms with E-state index in [9.17, 15) is 26.3 Å². The smallest absolute Gasteiger partial charge is 0.416 e. The van der Waals surface area contributed by atoms with Gasteiger partial charge in [-0.25, -0.2) is 0 Å². The fourth-order valence-corrected chi connectivity index (χ4v) is 1.27. The fraction of sp³-hybridized carbons (Fsp3) is 0.364. The van der Waals surface area contributed by atoms with Crippen LogP contribution in [0.2, 0.25) is 0 Å². The van der Waals surface area contributed by atoms with E-state index in [1.54, 1.807) is 0 Å². The Morgan fingerprint density at radius 3 is 1.65 bits per heavy atom. The number of hydrogen-bond donors (Lipinski definition) is 0. The first kappa shape index (κ1) is 16.5. The molecule has 0 bridgehead atoms. The van der Waals surface area contributed by atoms with Crippen LogP contribution in [0, 0.1) is 0 Å². The Kier molecular flexibility index (Phi) is 4.52. The summed E-state index contributed by atoms with van der Waals surface area (Å²) >= 11 is 4.67. The minimum absolute atomic E-state index is 0.0194. The van der Waals surface area contributed by atoms with Gasteiger partial charge in [0.2, 0.25) is 0 Å². The van der Waals surface area contributed by atoms with Gasteiger partial charge in [-0.1, -0.05) is 0 Å². The summed E-state index contributed by atoms with van der Waals surface area (Å²) in [6, 6.07) is 0.946. The summed E-state index contributed by atoms with van der Waals surface area (Å²) in [7, 11) is 2.89. The van der Waals surface area contributed by atoms with Crippen LogP contribution in [0.25, 0.3) is 0 Å². The van der Waals surface area contributed by atoms with Gasteiger partial charge in [-0.05, 0) is 30.4 Å². The standard InChI is InChI=1S/C11H9F6NOS/c1-18(2)9(20)19-8-4-6(10(12,13)14)3-7(5-8)11(15,16)17/h3-5H,1-2H3. The maximum atomic E-state index is 12.6. The number of ether oxygens (including phenoxy) is 1. The van der Waals surface area contributed by atoms with Gasteiger partial charge in [0.15, 0.2) is 0 Å². The molecule has 0 N–H and O–H groups in total. The maximum absolute atomic E-state index is 12.6. The van der Waals surface area contributed by atoms with Crippen LogP contribution >= 0.6 is 12.2 Å². The number of thiocarbonyl (C=S) groups is 1. The van der Waals surface area contributed by atoms with E-state index in [1.165, 1.54) is 19.0 Å². The van der Waals surface area contributed by atoms with E-state index in [0.717, 1.165) is 0 Å². The predicted molar refractivity (Wildman–Crippen MR) is 63.4 cm³/mol. The molecule has 0 radical (unpaired) electrons. The van der Waals surface area contributed by atoms with Crippen molar-refractivity contribution in [3.05, 3.63) is 29.3 Å². The van der Waals surface area contributed by atoms with Crippen molar-refractivity contribution in [3.8, 4) is 5.75 Å². The van der Waals surface area contributed by atoms with Gasteiger partial charge in [0.25, 0.3) is 5.17 Å². The molecule has 0 saturated carbocycles. The summed E-state index contributed by atoms with van der Waals surface area (Å²) in [6.07, 6.45) is -9.84. The van der Waals surface area contributed by atoms with E-state index >= 15 is 0 Å². The van der Waals surface area contributed by atoms with Gasteiger partial charge in [-0.3, -0.25) is 0 Å². The molecule has 9 heteroatoms. The van der Waals surface area contributed by atoms with Crippen LogP contribution in [-0.4, -0.2) is 24.2 Å². The molecule has 0 aliphatic rings. The molecule has 0 fully saturated rings. The number of hydrogen-bond acceptors (Lipinski definition) is 2. The van der Waals surface area contributed by atoms with E-state index in [4.69, 9.17) is 4.74 Å². The van der Waals surface area contributed by atoms with Crippen molar-refractivity contribution in [1.29, 1.82) is 0 Å². The van der Waals surface area contributed by atoms with Crippen LogP contribution < -0.4 is 4.74 Å². The summed E-state index contributed by atoms with van der Waals surface area (Å²) in [5.74, 6) is -0.620. The lowest BCUT2D eigenvalue weighted by Gasteiger charge is -2.17. The molecular formula is C11H9F6NOS. The Morgan fingerprint density at radius 1 is 0.950 bits per heavy atom. The Morgan fingerprint density at radius 2 is 1.35 bits per heavy atom. The van der Waals surface area contributed by atoms with Gasteiger partial charge in [0, 0.05) is 14.1 Å². The molecule has 1 aromatic carbocycles. The van der Waals surface area contributed by atoms with Crippen LogP contribution in [0.15, 0.2) is 18.2 Å². The van der Waals surface area contributed by atoms with E-state index in [-0.39, 0.29) is 11.2 Å². The Labute approximate surface area is 115 Å². The van der Waals surface area contributed by atoms with Gasteiger partial charge >= 0.3 is 12.4 Å². The monoisotopic (exact) mass is 317 g/mol. The first-order valence-electron chi connectivity index (χ1n) is 5.10. The van der Waals surface area contributed by atoms with E-state index in [1.807, 2.05) is 0 Å². The molecule has 112 valence electrons. The summed E-state index contributed by atoms with van der Waals surface area (Å²) in [5, 5.41) is -0.252. The van der Waals surface area contributed by atoms with Crippen molar-refractivity contribution in [1.82, 2.24) is 4.90 Å². The van der Waals surface area contributed by atoms with Crippen molar-refractivity contribution in [2.45, 2.75) is 12.4 Å². The highest BCUT2D eigenvalue weighted by atomic mass is 32.1. The van der Waals surface area contributed by atoms with Gasteiger partial charge in [-0.2, -0.15) is 26.3 Å². The highest BCUT2D eigenvalue weighted by Crippen LogP contribution is 2.38. The third kappa shape index (κ3) is 4.26. The lowest BCUT2D eigenvalue weighted by atomic mass is 10.1. The lowest BCUT2D eigenvalue weighted by molar-refractivity contribution is -0.143. The van der Waals surface area contributed by atoms with Gasteiger partial charge in [0.1, 0.15) is 5.75 Å². The first-order chi connectivity index (χ1) is 8.91. The average Bonchev–Trinajstić information content (AvgIpc) is 2.26. The zero-order chi connectivity index (χ0) is 15.7. The molecule has 0 heterocycles. The zero-order valence-electron chi connectivity index (χ0n) is 10.3. The number of nitrogens with zero attached hydrogens (tertiary/aromatic N) is 1. The quantitative estimate of drug-likeness (QED) is 0.575. The Balaban J connectivity index is 3.28. The molecule has 0 spiro atoms. The largest absolute Gasteiger partial charge is 0.432 e. The molecule has 0 unspecified atom stereocenters. The van der Waals surface area contributed by atoms with Crippen LogP contribution in [-0.2, 0) is 12.4 Å². The third-order valence-electron chi connectivity index (χ3n) is 2.13. The number of halogens is 6. The SMILES string of the molecule is CN(C)C(=S)Oc1cc(C(F)(F)F)cc(C(F)(F)F)c1. The van der Waals surface area contributed by atoms with Crippen molar-refractivity contribution >= 4 is 17.4 Å². The molecule has 2 nitrogen and oxygen atoms in total. The molecule has 1 aromatic rings. The maximum Gasteiger partial charge on any atom is 0.416 e. The molecular weight excluding hydrogens is 308 g/mol. The number of rotatable bonds is 1. The second-order valence-corrected chi connectivity index (χ2v) is 4.35. The first-order valence-corrected chi connectivity index (χ1v) is 5.50. The Hall–Kier alpha value is -1.51. The number of benzene rings is 1. The van der Waals surface area contributed by atoms with Crippen LogP contribution in [0.3, 0.4) is 0 Å². The van der Waals surface area contributed by atoms with Crippen molar-refractivity contribution < 1.29 is 31.1 Å². The summed E-state index contributed by atoms with van der Waals surface area (Å²) < 4.78 is 80.2. The topological polar surface area (TPSA) is 12.5 Å². The highest BCUT2D eigenvalue weighted by molar-refractivity contribution is 7.80. The molecule has 0 amide bonds. The van der Waals surface area contributed by atoms with Crippen molar-refractivity contribution in [2.24, 2.45) is 0 Å². The third-order valence-corrected chi connectivity index (χ3v) is 2.58. The lowest BCUT2D eigenvalue weighted by Crippen LogP contribution is -2.25. The normalized spacial score (nSPS) is 12.2. The molecule has 1 rings (SSSR count). The minimum Gasteiger partial charge on any atom is -0.432 e. The van der Waals surface area contributed by atoms with Crippen LogP contribution in [0.5, 0.6) is 5.75 Å². The van der Waals surface area contributed by atoms with Crippen LogP contribution in [0.4, 0.5) is 26.3 Å². The zero-order valence-corrected chi connectivity index (χ0v) is 11.1. The van der Waals surface area contributed by atoms with Crippen LogP contribution in [0.1, 0.15) is 11.1 Å². The average molecular weight is 317 g/mol. The molecule has 20 heavy (non-hydrogen) atoms. The van der Waals surface area contributed by atoms with Crippen molar-refractivity contribution in [2.75, 3.05) is 14.1 Å². The Bertz CT molecular complexity index is 476. The van der Waals surface area contributed by atoms with Gasteiger partial charge < -0.3 is 9.64 Å². The predicted octanol–water partition coefficient (Wildman–Crippen LogP) is 3.95. The molecule has 0 aromatic heterocycles. The fourth-order valence-electron chi connectivity index (χ4n) is 1.18. The minimum atomic E-state index is -4.92. The molecule has 0 aliphatic carbocycles. The van der Waals surface area contributed by atoms with E-state index in [2.05, 4.69) is 12.2 Å². The second-order valence-electron chi connectivity index (χ2n) is 4.00. The summed E-state index contributed by atoms with van der Waals surface area (Å²) in [5.41, 5.74) is -2.91. The van der Waals surface area contributed by atoms with E-state index < -0.39 is 29.2 Å². The highest BCUT2D eigenvalue weighted by Gasteiger charge is 2.37. The van der Waals surface area contributed by atoms with E-state index in [0.29, 0.717) is 12.1 Å².